The second-order valence-corrected chi connectivity index (χ2v) is 4.71. The third kappa shape index (κ3) is 5.07. The second kappa shape index (κ2) is 7.01. The Kier molecular flexibility index (Phi) is 5.97. The maximum atomic E-state index is 9.52. The molecule has 0 aliphatic heterocycles. The normalized spacial score (nSPS) is 13.3. The molecule has 0 saturated heterocycles. The number of likely N-dealkylation sites (N-methyl/N-ethyl adjacent to an activating group) is 1. The van der Waals surface area contributed by atoms with E-state index in [9.17, 15) is 5.11 Å². The van der Waals surface area contributed by atoms with E-state index in [1.165, 1.54) is 0 Å². The molecule has 0 bridgehead atoms. The standard InChI is InChI=1S/C10H18BrN3O2/c1-13(7-10(15)8-16-2)3-4-14-6-9(11)5-12-14/h5-6,10,15H,3-4,7-8H2,1-2H3/t10-/m1/s1. The number of halogens is 1. The molecule has 0 fully saturated rings. The van der Waals surface area contributed by atoms with E-state index in [1.807, 2.05) is 17.9 Å². The number of aliphatic hydroxyl groups excluding tert-OH is 1. The van der Waals surface area contributed by atoms with Gasteiger partial charge in [0.15, 0.2) is 0 Å². The van der Waals surface area contributed by atoms with Crippen molar-refractivity contribution in [2.45, 2.75) is 12.6 Å². The predicted molar refractivity (Wildman–Crippen MR) is 65.3 cm³/mol. The summed E-state index contributed by atoms with van der Waals surface area (Å²) in [5, 5.41) is 13.7. The Labute approximate surface area is 104 Å². The van der Waals surface area contributed by atoms with Gasteiger partial charge in [0.05, 0.1) is 29.9 Å². The van der Waals surface area contributed by atoms with Crippen molar-refractivity contribution in [1.82, 2.24) is 14.7 Å². The van der Waals surface area contributed by atoms with Crippen LogP contribution in [0.15, 0.2) is 16.9 Å². The van der Waals surface area contributed by atoms with Crippen LogP contribution in [-0.4, -0.2) is 59.7 Å². The van der Waals surface area contributed by atoms with Crippen molar-refractivity contribution in [2.24, 2.45) is 0 Å². The first-order valence-corrected chi connectivity index (χ1v) is 5.94. The third-order valence-electron chi connectivity index (χ3n) is 2.19. The van der Waals surface area contributed by atoms with Gasteiger partial charge >= 0.3 is 0 Å². The molecule has 0 saturated carbocycles. The molecule has 0 amide bonds. The largest absolute Gasteiger partial charge is 0.389 e. The second-order valence-electron chi connectivity index (χ2n) is 3.79. The lowest BCUT2D eigenvalue weighted by Gasteiger charge is -2.19. The number of aliphatic hydroxyl groups is 1. The summed E-state index contributed by atoms with van der Waals surface area (Å²) in [6, 6.07) is 0. The lowest BCUT2D eigenvalue weighted by Crippen LogP contribution is -2.34. The van der Waals surface area contributed by atoms with Crippen LogP contribution in [0.3, 0.4) is 0 Å². The fourth-order valence-corrected chi connectivity index (χ4v) is 1.76. The van der Waals surface area contributed by atoms with E-state index in [0.29, 0.717) is 13.2 Å². The molecule has 16 heavy (non-hydrogen) atoms. The van der Waals surface area contributed by atoms with Crippen LogP contribution in [0, 0.1) is 0 Å². The molecular formula is C10H18BrN3O2. The topological polar surface area (TPSA) is 50.5 Å². The zero-order chi connectivity index (χ0) is 12.0. The highest BCUT2D eigenvalue weighted by atomic mass is 79.9. The Hall–Kier alpha value is -0.430. The summed E-state index contributed by atoms with van der Waals surface area (Å²) >= 11 is 3.35. The van der Waals surface area contributed by atoms with Gasteiger partial charge < -0.3 is 14.7 Å². The van der Waals surface area contributed by atoms with Crippen LogP contribution in [0.2, 0.25) is 0 Å². The Morgan fingerprint density at radius 3 is 3.00 bits per heavy atom. The van der Waals surface area contributed by atoms with E-state index in [1.54, 1.807) is 13.3 Å². The summed E-state index contributed by atoms with van der Waals surface area (Å²) < 4.78 is 7.72. The Morgan fingerprint density at radius 1 is 1.69 bits per heavy atom. The fraction of sp³-hybridized carbons (Fsp3) is 0.700. The zero-order valence-corrected chi connectivity index (χ0v) is 11.2. The van der Waals surface area contributed by atoms with Gasteiger partial charge in [0.25, 0.3) is 0 Å². The van der Waals surface area contributed by atoms with Gasteiger partial charge in [0.2, 0.25) is 0 Å². The summed E-state index contributed by atoms with van der Waals surface area (Å²) in [5.74, 6) is 0. The first kappa shape index (κ1) is 13.6. The Bertz CT molecular complexity index is 306. The van der Waals surface area contributed by atoms with E-state index >= 15 is 0 Å². The molecule has 0 aliphatic rings. The summed E-state index contributed by atoms with van der Waals surface area (Å²) in [4.78, 5) is 2.05. The number of hydrogen-bond donors (Lipinski definition) is 1. The van der Waals surface area contributed by atoms with Gasteiger partial charge in [-0.1, -0.05) is 0 Å². The number of methoxy groups -OCH3 is 1. The van der Waals surface area contributed by atoms with Gasteiger partial charge in [0.1, 0.15) is 0 Å². The fourth-order valence-electron chi connectivity index (χ4n) is 1.43. The molecule has 1 N–H and O–H groups in total. The minimum Gasteiger partial charge on any atom is -0.389 e. The SMILES string of the molecule is COC[C@H](O)CN(C)CCn1cc(Br)cn1. The maximum absolute atomic E-state index is 9.52. The molecule has 1 aromatic rings. The maximum Gasteiger partial charge on any atom is 0.0899 e. The minimum absolute atomic E-state index is 0.373. The predicted octanol–water partition coefficient (Wildman–Crippen LogP) is 0.585. The highest BCUT2D eigenvalue weighted by Crippen LogP contribution is 2.05. The van der Waals surface area contributed by atoms with Gasteiger partial charge in [-0.15, -0.1) is 0 Å². The molecule has 0 spiro atoms. The summed E-state index contributed by atoms with van der Waals surface area (Å²) in [6.07, 6.45) is 3.26. The van der Waals surface area contributed by atoms with Crippen molar-refractivity contribution in [3.63, 3.8) is 0 Å². The molecule has 1 rings (SSSR count). The molecule has 92 valence electrons. The summed E-state index contributed by atoms with van der Waals surface area (Å²) in [6.45, 7) is 2.63. The van der Waals surface area contributed by atoms with Crippen molar-refractivity contribution >= 4 is 15.9 Å². The average Bonchev–Trinajstić information content (AvgIpc) is 2.61. The summed E-state index contributed by atoms with van der Waals surface area (Å²) in [5.41, 5.74) is 0. The van der Waals surface area contributed by atoms with Gasteiger partial charge in [-0.3, -0.25) is 4.68 Å². The van der Waals surface area contributed by atoms with E-state index < -0.39 is 6.10 Å². The lowest BCUT2D eigenvalue weighted by atomic mass is 10.3. The van der Waals surface area contributed by atoms with Crippen LogP contribution in [-0.2, 0) is 11.3 Å². The summed E-state index contributed by atoms with van der Waals surface area (Å²) in [7, 11) is 3.56. The first-order chi connectivity index (χ1) is 7.61. The quantitative estimate of drug-likeness (QED) is 0.799. The van der Waals surface area contributed by atoms with Crippen LogP contribution < -0.4 is 0 Å². The van der Waals surface area contributed by atoms with Gasteiger partial charge in [-0.2, -0.15) is 5.10 Å². The van der Waals surface area contributed by atoms with Crippen molar-refractivity contribution in [3.8, 4) is 0 Å². The minimum atomic E-state index is -0.431. The molecule has 0 radical (unpaired) electrons. The number of ether oxygens (including phenoxy) is 1. The number of rotatable bonds is 7. The van der Waals surface area contributed by atoms with Gasteiger partial charge in [0, 0.05) is 26.4 Å². The van der Waals surface area contributed by atoms with Crippen molar-refractivity contribution in [3.05, 3.63) is 16.9 Å². The molecule has 6 heteroatoms. The van der Waals surface area contributed by atoms with E-state index in [0.717, 1.165) is 17.6 Å². The third-order valence-corrected chi connectivity index (χ3v) is 2.60. The van der Waals surface area contributed by atoms with E-state index in [-0.39, 0.29) is 0 Å². The molecule has 0 aromatic carbocycles. The highest BCUT2D eigenvalue weighted by Gasteiger charge is 2.07. The monoisotopic (exact) mass is 291 g/mol. The molecule has 5 nitrogen and oxygen atoms in total. The smallest absolute Gasteiger partial charge is 0.0899 e. The lowest BCUT2D eigenvalue weighted by molar-refractivity contribution is 0.0425. The first-order valence-electron chi connectivity index (χ1n) is 5.15. The van der Waals surface area contributed by atoms with Crippen molar-refractivity contribution in [2.75, 3.05) is 33.9 Å². The van der Waals surface area contributed by atoms with Gasteiger partial charge in [-0.25, -0.2) is 0 Å². The number of hydrogen-bond acceptors (Lipinski definition) is 4. The van der Waals surface area contributed by atoms with Crippen molar-refractivity contribution < 1.29 is 9.84 Å². The van der Waals surface area contributed by atoms with E-state index in [2.05, 4.69) is 25.9 Å². The number of nitrogens with zero attached hydrogens (tertiary/aromatic N) is 3. The molecule has 1 heterocycles. The highest BCUT2D eigenvalue weighted by molar-refractivity contribution is 9.10. The van der Waals surface area contributed by atoms with Crippen LogP contribution in [0.25, 0.3) is 0 Å². The van der Waals surface area contributed by atoms with Crippen LogP contribution in [0.5, 0.6) is 0 Å². The van der Waals surface area contributed by atoms with Crippen LogP contribution >= 0.6 is 15.9 Å². The van der Waals surface area contributed by atoms with E-state index in [4.69, 9.17) is 4.74 Å². The molecule has 1 atom stereocenters. The Balaban J connectivity index is 2.22. The van der Waals surface area contributed by atoms with Crippen LogP contribution in [0.4, 0.5) is 0 Å². The molecule has 0 unspecified atom stereocenters. The molecule has 1 aromatic heterocycles. The average molecular weight is 292 g/mol. The van der Waals surface area contributed by atoms with Crippen molar-refractivity contribution in [1.29, 1.82) is 0 Å². The molecular weight excluding hydrogens is 274 g/mol. The van der Waals surface area contributed by atoms with Gasteiger partial charge in [-0.05, 0) is 23.0 Å². The zero-order valence-electron chi connectivity index (χ0n) is 9.64. The Morgan fingerprint density at radius 2 is 2.44 bits per heavy atom. The number of aromatic nitrogens is 2. The molecule has 0 aliphatic carbocycles. The van der Waals surface area contributed by atoms with Crippen LogP contribution in [0.1, 0.15) is 0 Å².